The average Bonchev–Trinajstić information content (AvgIpc) is 2.75. The normalized spacial score (nSPS) is 36.5. The summed E-state index contributed by atoms with van der Waals surface area (Å²) in [5, 5.41) is 9.61. The Labute approximate surface area is 101 Å². The molecule has 0 bridgehead atoms. The van der Waals surface area contributed by atoms with Crippen molar-refractivity contribution < 1.29 is 14.6 Å². The van der Waals surface area contributed by atoms with Crippen LogP contribution in [0.1, 0.15) is 32.6 Å². The van der Waals surface area contributed by atoms with E-state index in [0.29, 0.717) is 13.0 Å². The molecule has 0 saturated carbocycles. The van der Waals surface area contributed by atoms with E-state index in [4.69, 9.17) is 4.74 Å². The van der Waals surface area contributed by atoms with Gasteiger partial charge >= 0.3 is 0 Å². The minimum Gasteiger partial charge on any atom is -0.385 e. The molecule has 4 heteroatoms. The fourth-order valence-corrected chi connectivity index (χ4v) is 3.99. The van der Waals surface area contributed by atoms with Gasteiger partial charge in [-0.05, 0) is 31.4 Å². The van der Waals surface area contributed by atoms with Crippen molar-refractivity contribution in [2.45, 2.75) is 44.3 Å². The first-order valence-corrected chi connectivity index (χ1v) is 7.26. The van der Waals surface area contributed by atoms with Gasteiger partial charge in [0.05, 0.1) is 5.60 Å². The molecule has 0 aromatic rings. The predicted molar refractivity (Wildman–Crippen MR) is 64.7 cm³/mol. The first-order chi connectivity index (χ1) is 7.67. The minimum absolute atomic E-state index is 0.0161. The fraction of sp³-hybridized carbons (Fsp3) is 0.917. The van der Waals surface area contributed by atoms with Gasteiger partial charge in [-0.3, -0.25) is 4.79 Å². The molecule has 0 aromatic carbocycles. The number of hydrogen-bond donors (Lipinski definition) is 1. The molecule has 1 spiro atoms. The summed E-state index contributed by atoms with van der Waals surface area (Å²) in [5.41, 5.74) is -0.0588. The number of thioether (sulfide) groups is 1. The Kier molecular flexibility index (Phi) is 3.93. The Morgan fingerprint density at radius 2 is 2.50 bits per heavy atom. The van der Waals surface area contributed by atoms with Gasteiger partial charge < -0.3 is 9.84 Å². The molecular formula is C12H20O3S. The molecule has 92 valence electrons. The fourth-order valence-electron chi connectivity index (χ4n) is 2.61. The predicted octanol–water partition coefficient (Wildman–Crippen LogP) is 1.63. The SMILES string of the molecule is CCC(O)C(=O)C1CCOC2(CCSC2)C1. The molecule has 16 heavy (non-hydrogen) atoms. The molecule has 0 amide bonds. The van der Waals surface area contributed by atoms with Crippen LogP contribution in [-0.2, 0) is 9.53 Å². The second-order valence-electron chi connectivity index (χ2n) is 4.85. The Hall–Kier alpha value is -0.0600. The quantitative estimate of drug-likeness (QED) is 0.819. The lowest BCUT2D eigenvalue weighted by molar-refractivity contribution is -0.141. The van der Waals surface area contributed by atoms with Gasteiger partial charge in [0, 0.05) is 18.3 Å². The maximum Gasteiger partial charge on any atom is 0.164 e. The summed E-state index contributed by atoms with van der Waals surface area (Å²) in [6, 6.07) is 0. The smallest absolute Gasteiger partial charge is 0.164 e. The van der Waals surface area contributed by atoms with Gasteiger partial charge in [-0.25, -0.2) is 0 Å². The van der Waals surface area contributed by atoms with E-state index in [1.54, 1.807) is 0 Å². The van der Waals surface area contributed by atoms with Gasteiger partial charge in [0.15, 0.2) is 5.78 Å². The highest BCUT2D eigenvalue weighted by Gasteiger charge is 2.43. The van der Waals surface area contributed by atoms with Crippen molar-refractivity contribution in [3.63, 3.8) is 0 Å². The van der Waals surface area contributed by atoms with E-state index >= 15 is 0 Å². The van der Waals surface area contributed by atoms with Crippen LogP contribution in [0.2, 0.25) is 0 Å². The standard InChI is InChI=1S/C12H20O3S/c1-2-10(13)11(14)9-3-5-15-12(7-9)4-6-16-8-12/h9-10,13H,2-8H2,1H3. The summed E-state index contributed by atoms with van der Waals surface area (Å²) in [7, 11) is 0. The van der Waals surface area contributed by atoms with Gasteiger partial charge in [-0.2, -0.15) is 11.8 Å². The number of carbonyl (C=O) groups excluding carboxylic acids is 1. The third-order valence-corrected chi connectivity index (χ3v) is 4.90. The van der Waals surface area contributed by atoms with Gasteiger partial charge in [0.1, 0.15) is 6.10 Å². The van der Waals surface area contributed by atoms with Crippen LogP contribution in [0.4, 0.5) is 0 Å². The lowest BCUT2D eigenvalue weighted by atomic mass is 9.81. The van der Waals surface area contributed by atoms with E-state index < -0.39 is 6.10 Å². The van der Waals surface area contributed by atoms with Gasteiger partial charge in [-0.15, -0.1) is 0 Å². The average molecular weight is 244 g/mol. The molecule has 3 atom stereocenters. The molecule has 2 rings (SSSR count). The molecule has 2 aliphatic rings. The molecule has 1 N–H and O–H groups in total. The maximum absolute atomic E-state index is 12.0. The number of Topliss-reactive ketones (excluding diaryl/α,β-unsaturated/α-hetero) is 1. The van der Waals surface area contributed by atoms with E-state index in [1.165, 1.54) is 0 Å². The number of aliphatic hydroxyl groups is 1. The minimum atomic E-state index is -0.769. The van der Waals surface area contributed by atoms with Crippen LogP contribution in [-0.4, -0.2) is 40.7 Å². The number of ketones is 1. The monoisotopic (exact) mass is 244 g/mol. The molecular weight excluding hydrogens is 224 g/mol. The summed E-state index contributed by atoms with van der Waals surface area (Å²) in [4.78, 5) is 12.0. The van der Waals surface area contributed by atoms with Crippen molar-refractivity contribution in [1.82, 2.24) is 0 Å². The number of rotatable bonds is 3. The molecule has 0 aromatic heterocycles. The van der Waals surface area contributed by atoms with Gasteiger partial charge in [0.25, 0.3) is 0 Å². The van der Waals surface area contributed by atoms with E-state index in [9.17, 15) is 9.90 Å². The number of carbonyl (C=O) groups is 1. The molecule has 2 fully saturated rings. The molecule has 0 aliphatic carbocycles. The highest BCUT2D eigenvalue weighted by atomic mass is 32.2. The summed E-state index contributed by atoms with van der Waals surface area (Å²) in [6.07, 6.45) is 2.41. The van der Waals surface area contributed by atoms with Crippen LogP contribution in [0.3, 0.4) is 0 Å². The third kappa shape index (κ3) is 2.44. The van der Waals surface area contributed by atoms with Crippen LogP contribution in [0.5, 0.6) is 0 Å². The topological polar surface area (TPSA) is 46.5 Å². The lowest BCUT2D eigenvalue weighted by Crippen LogP contribution is -2.44. The molecule has 0 radical (unpaired) electrons. The van der Waals surface area contributed by atoms with Crippen LogP contribution < -0.4 is 0 Å². The number of aliphatic hydroxyl groups excluding tert-OH is 1. The van der Waals surface area contributed by atoms with Crippen molar-refractivity contribution in [3.8, 4) is 0 Å². The Morgan fingerprint density at radius 1 is 1.69 bits per heavy atom. The van der Waals surface area contributed by atoms with E-state index in [1.807, 2.05) is 18.7 Å². The first kappa shape index (κ1) is 12.4. The second-order valence-corrected chi connectivity index (χ2v) is 5.96. The Morgan fingerprint density at radius 3 is 3.12 bits per heavy atom. The zero-order valence-electron chi connectivity index (χ0n) is 9.78. The van der Waals surface area contributed by atoms with E-state index in [-0.39, 0.29) is 17.3 Å². The zero-order valence-corrected chi connectivity index (χ0v) is 10.6. The van der Waals surface area contributed by atoms with E-state index in [2.05, 4.69) is 0 Å². The zero-order chi connectivity index (χ0) is 11.6. The second kappa shape index (κ2) is 5.07. The molecule has 2 aliphatic heterocycles. The highest BCUT2D eigenvalue weighted by molar-refractivity contribution is 7.99. The Bertz CT molecular complexity index is 261. The largest absolute Gasteiger partial charge is 0.385 e. The highest BCUT2D eigenvalue weighted by Crippen LogP contribution is 2.40. The maximum atomic E-state index is 12.0. The number of ether oxygens (including phenoxy) is 1. The Balaban J connectivity index is 1.98. The summed E-state index contributed by atoms with van der Waals surface area (Å²) < 4.78 is 5.87. The van der Waals surface area contributed by atoms with Crippen LogP contribution in [0.25, 0.3) is 0 Å². The molecule has 3 unspecified atom stereocenters. The molecule has 2 heterocycles. The number of hydrogen-bond acceptors (Lipinski definition) is 4. The van der Waals surface area contributed by atoms with Crippen molar-refractivity contribution in [2.75, 3.05) is 18.1 Å². The van der Waals surface area contributed by atoms with Crippen molar-refractivity contribution >= 4 is 17.5 Å². The van der Waals surface area contributed by atoms with Crippen LogP contribution >= 0.6 is 11.8 Å². The molecule has 2 saturated heterocycles. The molecule has 3 nitrogen and oxygen atoms in total. The van der Waals surface area contributed by atoms with Gasteiger partial charge in [0.2, 0.25) is 0 Å². The van der Waals surface area contributed by atoms with Crippen molar-refractivity contribution in [2.24, 2.45) is 5.92 Å². The van der Waals surface area contributed by atoms with Crippen molar-refractivity contribution in [3.05, 3.63) is 0 Å². The third-order valence-electron chi connectivity index (χ3n) is 3.68. The van der Waals surface area contributed by atoms with E-state index in [0.717, 1.165) is 30.8 Å². The first-order valence-electron chi connectivity index (χ1n) is 6.10. The lowest BCUT2D eigenvalue weighted by Gasteiger charge is -2.37. The van der Waals surface area contributed by atoms with Crippen molar-refractivity contribution in [1.29, 1.82) is 0 Å². The summed E-state index contributed by atoms with van der Waals surface area (Å²) in [6.45, 7) is 2.52. The summed E-state index contributed by atoms with van der Waals surface area (Å²) in [5.74, 6) is 2.19. The van der Waals surface area contributed by atoms with Crippen LogP contribution in [0.15, 0.2) is 0 Å². The van der Waals surface area contributed by atoms with Gasteiger partial charge in [-0.1, -0.05) is 6.92 Å². The summed E-state index contributed by atoms with van der Waals surface area (Å²) >= 11 is 1.91. The van der Waals surface area contributed by atoms with Crippen LogP contribution in [0, 0.1) is 5.92 Å².